The molecule has 2 heterocycles. The van der Waals surface area contributed by atoms with Crippen molar-refractivity contribution in [3.63, 3.8) is 0 Å². The van der Waals surface area contributed by atoms with E-state index in [1.807, 2.05) is 37.3 Å². The summed E-state index contributed by atoms with van der Waals surface area (Å²) < 4.78 is 72.2. The average Bonchev–Trinajstić information content (AvgIpc) is 3.86. The Morgan fingerprint density at radius 2 is 1.68 bits per heavy atom. The molecule has 0 aromatic heterocycles. The van der Waals surface area contributed by atoms with Gasteiger partial charge in [-0.15, -0.1) is 0 Å². The SMILES string of the molecule is CCOc1ccc(-c2ccc(CN)cc2)cc1S(=O)(=O)N1CCC2(CC1)C[C@H](CC[C@H](O)COc1cccc(S(=O)(=O)C3(CO)CC3)c1)CO2. The van der Waals surface area contributed by atoms with E-state index in [0.29, 0.717) is 76.5 Å². The van der Waals surface area contributed by atoms with Crippen LogP contribution in [0.3, 0.4) is 0 Å². The summed E-state index contributed by atoms with van der Waals surface area (Å²) in [5.74, 6) is 0.910. The van der Waals surface area contributed by atoms with Crippen LogP contribution in [0, 0.1) is 5.92 Å². The molecule has 2 saturated heterocycles. The van der Waals surface area contributed by atoms with Crippen LogP contribution in [0.5, 0.6) is 11.5 Å². The lowest BCUT2D eigenvalue weighted by atomic mass is 9.84. The minimum atomic E-state index is -3.84. The van der Waals surface area contributed by atoms with Crippen molar-refractivity contribution in [2.45, 2.75) is 84.7 Å². The van der Waals surface area contributed by atoms with Crippen LogP contribution >= 0.6 is 0 Å². The smallest absolute Gasteiger partial charge is 0.246 e. The first-order chi connectivity index (χ1) is 23.9. The van der Waals surface area contributed by atoms with E-state index in [2.05, 4.69) is 0 Å². The Balaban J connectivity index is 1.01. The number of nitrogens with zero attached hydrogens (tertiary/aromatic N) is 1. The van der Waals surface area contributed by atoms with Crippen molar-refractivity contribution in [2.24, 2.45) is 11.7 Å². The lowest BCUT2D eigenvalue weighted by molar-refractivity contribution is -0.0314. The van der Waals surface area contributed by atoms with Gasteiger partial charge in [-0.05, 0) is 105 Å². The van der Waals surface area contributed by atoms with Gasteiger partial charge in [-0.2, -0.15) is 4.31 Å². The zero-order valence-corrected chi connectivity index (χ0v) is 30.1. The van der Waals surface area contributed by atoms with E-state index < -0.39 is 42.9 Å². The van der Waals surface area contributed by atoms with E-state index in [1.165, 1.54) is 16.4 Å². The number of piperidine rings is 1. The van der Waals surface area contributed by atoms with Crippen LogP contribution in [0.2, 0.25) is 0 Å². The molecule has 6 rings (SSSR count). The molecule has 2 aliphatic heterocycles. The number of aliphatic hydroxyl groups excluding tert-OH is 2. The molecule has 4 N–H and O–H groups in total. The predicted octanol–water partition coefficient (Wildman–Crippen LogP) is 4.29. The molecular weight excluding hydrogens is 681 g/mol. The summed E-state index contributed by atoms with van der Waals surface area (Å²) in [4.78, 5) is 0.267. The molecule has 3 aromatic carbocycles. The Labute approximate surface area is 295 Å². The number of aliphatic hydroxyl groups is 2. The largest absolute Gasteiger partial charge is 0.492 e. The summed E-state index contributed by atoms with van der Waals surface area (Å²) in [7, 11) is -7.51. The molecule has 0 bridgehead atoms. The number of hydrogen-bond donors (Lipinski definition) is 3. The maximum atomic E-state index is 14.0. The Morgan fingerprint density at radius 1 is 0.960 bits per heavy atom. The normalized spacial score (nSPS) is 20.8. The van der Waals surface area contributed by atoms with Crippen molar-refractivity contribution in [3.05, 3.63) is 72.3 Å². The number of ether oxygens (including phenoxy) is 3. The molecule has 0 unspecified atom stereocenters. The highest BCUT2D eigenvalue weighted by molar-refractivity contribution is 7.93. The quantitative estimate of drug-likeness (QED) is 0.206. The summed E-state index contributed by atoms with van der Waals surface area (Å²) >= 11 is 0. The molecule has 3 aromatic rings. The summed E-state index contributed by atoms with van der Waals surface area (Å²) in [6.45, 7) is 3.44. The summed E-state index contributed by atoms with van der Waals surface area (Å²) in [5.41, 5.74) is 8.02. The number of nitrogens with two attached hydrogens (primary N) is 1. The number of benzene rings is 3. The second kappa shape index (κ2) is 14.9. The maximum absolute atomic E-state index is 14.0. The van der Waals surface area contributed by atoms with Crippen LogP contribution in [0.25, 0.3) is 11.1 Å². The van der Waals surface area contributed by atoms with Crippen molar-refractivity contribution in [3.8, 4) is 22.6 Å². The van der Waals surface area contributed by atoms with E-state index in [-0.39, 0.29) is 22.3 Å². The van der Waals surface area contributed by atoms with Crippen LogP contribution < -0.4 is 15.2 Å². The van der Waals surface area contributed by atoms with Gasteiger partial charge in [0.25, 0.3) is 0 Å². The molecule has 13 heteroatoms. The van der Waals surface area contributed by atoms with Crippen LogP contribution in [0.4, 0.5) is 0 Å². The van der Waals surface area contributed by atoms with E-state index in [9.17, 15) is 27.0 Å². The van der Waals surface area contributed by atoms with E-state index >= 15 is 0 Å². The molecule has 1 spiro atoms. The van der Waals surface area contributed by atoms with Gasteiger partial charge in [-0.25, -0.2) is 16.8 Å². The molecule has 1 saturated carbocycles. The third-order valence-corrected chi connectivity index (χ3v) is 14.9. The van der Waals surface area contributed by atoms with Gasteiger partial charge >= 0.3 is 0 Å². The van der Waals surface area contributed by atoms with Crippen molar-refractivity contribution >= 4 is 19.9 Å². The molecule has 3 fully saturated rings. The first-order valence-corrected chi connectivity index (χ1v) is 20.3. The Hall–Kier alpha value is -3.04. The molecule has 3 aliphatic rings. The predicted molar refractivity (Wildman–Crippen MR) is 189 cm³/mol. The summed E-state index contributed by atoms with van der Waals surface area (Å²) in [6.07, 6.45) is 3.29. The molecule has 0 amide bonds. The highest BCUT2D eigenvalue weighted by Gasteiger charge is 2.54. The fourth-order valence-corrected chi connectivity index (χ4v) is 10.5. The highest BCUT2D eigenvalue weighted by atomic mass is 32.2. The first kappa shape index (κ1) is 36.7. The molecular formula is C37H48N2O9S2. The van der Waals surface area contributed by atoms with Crippen molar-refractivity contribution in [1.82, 2.24) is 4.31 Å². The van der Waals surface area contributed by atoms with Crippen LogP contribution in [0.15, 0.2) is 76.5 Å². The van der Waals surface area contributed by atoms with Gasteiger partial charge in [0.1, 0.15) is 23.0 Å². The van der Waals surface area contributed by atoms with E-state index in [0.717, 1.165) is 29.5 Å². The maximum Gasteiger partial charge on any atom is 0.246 e. The van der Waals surface area contributed by atoms with E-state index in [4.69, 9.17) is 19.9 Å². The van der Waals surface area contributed by atoms with Gasteiger partial charge in [0.15, 0.2) is 9.84 Å². The monoisotopic (exact) mass is 728 g/mol. The van der Waals surface area contributed by atoms with Crippen molar-refractivity contribution < 1.29 is 41.3 Å². The number of rotatable bonds is 15. The van der Waals surface area contributed by atoms with Crippen LogP contribution in [-0.4, -0.2) is 87.3 Å². The summed E-state index contributed by atoms with van der Waals surface area (Å²) in [5, 5.41) is 20.3. The molecule has 50 heavy (non-hydrogen) atoms. The highest BCUT2D eigenvalue weighted by Crippen LogP contribution is 2.47. The van der Waals surface area contributed by atoms with Gasteiger partial charge in [-0.1, -0.05) is 36.4 Å². The lowest BCUT2D eigenvalue weighted by Gasteiger charge is -2.38. The van der Waals surface area contributed by atoms with Crippen LogP contribution in [-0.2, 0) is 31.1 Å². The van der Waals surface area contributed by atoms with Gasteiger partial charge in [0.05, 0.1) is 41.2 Å². The zero-order valence-electron chi connectivity index (χ0n) is 28.5. The Kier molecular flexibility index (Phi) is 10.9. The van der Waals surface area contributed by atoms with Gasteiger partial charge in [0, 0.05) is 19.6 Å². The average molecular weight is 729 g/mol. The number of hydrogen-bond acceptors (Lipinski definition) is 10. The topological polar surface area (TPSA) is 166 Å². The third kappa shape index (κ3) is 7.59. The zero-order chi connectivity index (χ0) is 35.6. The van der Waals surface area contributed by atoms with Crippen molar-refractivity contribution in [2.75, 3.05) is 39.5 Å². The Morgan fingerprint density at radius 3 is 2.34 bits per heavy atom. The minimum Gasteiger partial charge on any atom is -0.492 e. The fourth-order valence-electron chi connectivity index (χ4n) is 7.08. The van der Waals surface area contributed by atoms with Gasteiger partial charge in [0.2, 0.25) is 10.0 Å². The summed E-state index contributed by atoms with van der Waals surface area (Å²) in [6, 6.07) is 19.3. The van der Waals surface area contributed by atoms with Crippen LogP contribution in [0.1, 0.15) is 57.4 Å². The van der Waals surface area contributed by atoms with Gasteiger partial charge < -0.3 is 30.2 Å². The Bertz CT molecular complexity index is 1850. The van der Waals surface area contributed by atoms with Gasteiger partial charge in [-0.3, -0.25) is 0 Å². The molecule has 272 valence electrons. The number of sulfone groups is 1. The molecule has 0 radical (unpaired) electrons. The van der Waals surface area contributed by atoms with E-state index in [1.54, 1.807) is 24.3 Å². The molecule has 11 nitrogen and oxygen atoms in total. The third-order valence-electron chi connectivity index (χ3n) is 10.4. The first-order valence-electron chi connectivity index (χ1n) is 17.4. The molecule has 1 aliphatic carbocycles. The fraction of sp³-hybridized carbons (Fsp3) is 0.514. The minimum absolute atomic E-state index is 0.0180. The standard InChI is InChI=1S/C37H48N2O9S2/c1-2-46-34-13-11-30(29-9-6-27(23-38)7-10-29)20-35(34)50(44,45)39-18-16-36(17-19-39)22-28(24-48-36)8-12-31(41)25-47-32-4-3-5-33(21-32)49(42,43)37(26-40)14-15-37/h3-7,9-11,13,20-21,28,31,40-41H,2,8,12,14-19,22-26,38H2,1H3/t28-,31-/m0/s1. The second-order valence-electron chi connectivity index (χ2n) is 13.8. The second-order valence-corrected chi connectivity index (χ2v) is 18.1. The molecule has 2 atom stereocenters. The van der Waals surface area contributed by atoms with Crippen molar-refractivity contribution in [1.29, 1.82) is 0 Å². The number of sulfonamides is 1. The lowest BCUT2D eigenvalue weighted by Crippen LogP contribution is -2.46.